The molecule has 0 spiro atoms. The van der Waals surface area contributed by atoms with Crippen LogP contribution in [0.5, 0.6) is 0 Å². The Morgan fingerprint density at radius 3 is 2.79 bits per heavy atom. The Bertz CT molecular complexity index is 508. The van der Waals surface area contributed by atoms with E-state index in [0.717, 1.165) is 31.6 Å². The Morgan fingerprint density at radius 1 is 1.16 bits per heavy atom. The van der Waals surface area contributed by atoms with Gasteiger partial charge in [-0.25, -0.2) is 0 Å². The van der Waals surface area contributed by atoms with Gasteiger partial charge >= 0.3 is 0 Å². The van der Waals surface area contributed by atoms with Crippen molar-refractivity contribution in [3.8, 4) is 0 Å². The van der Waals surface area contributed by atoms with Crippen molar-refractivity contribution in [2.75, 3.05) is 19.7 Å². The number of hydrogen-bond acceptors (Lipinski definition) is 3. The molecule has 3 heteroatoms. The number of aliphatic hydroxyl groups is 1. The second-order valence-corrected chi connectivity index (χ2v) is 4.85. The molecule has 0 atom stereocenters. The van der Waals surface area contributed by atoms with Gasteiger partial charge in [-0.15, -0.1) is 0 Å². The van der Waals surface area contributed by atoms with Crippen molar-refractivity contribution in [3.63, 3.8) is 0 Å². The lowest BCUT2D eigenvalue weighted by molar-refractivity contribution is 0.188. The molecule has 2 aromatic rings. The molecule has 0 radical (unpaired) electrons. The third kappa shape index (κ3) is 3.75. The number of nitrogens with zero attached hydrogens (tertiary/aromatic N) is 2. The van der Waals surface area contributed by atoms with E-state index in [9.17, 15) is 5.11 Å². The minimum Gasteiger partial charge on any atom is -0.395 e. The molecule has 0 aliphatic carbocycles. The second kappa shape index (κ2) is 7.22. The first-order valence-electron chi connectivity index (χ1n) is 7.01. The average molecular weight is 258 g/mol. The molecule has 1 heterocycles. The van der Waals surface area contributed by atoms with E-state index in [4.69, 9.17) is 0 Å². The van der Waals surface area contributed by atoms with Crippen LogP contribution < -0.4 is 0 Å². The monoisotopic (exact) mass is 258 g/mol. The van der Waals surface area contributed by atoms with Gasteiger partial charge in [0, 0.05) is 24.7 Å². The summed E-state index contributed by atoms with van der Waals surface area (Å²) in [5.74, 6) is 0. The van der Waals surface area contributed by atoms with Gasteiger partial charge in [0.2, 0.25) is 0 Å². The topological polar surface area (TPSA) is 36.4 Å². The fourth-order valence-corrected chi connectivity index (χ4v) is 2.33. The van der Waals surface area contributed by atoms with E-state index in [-0.39, 0.29) is 6.61 Å². The molecule has 0 bridgehead atoms. The molecule has 1 aromatic carbocycles. The van der Waals surface area contributed by atoms with Crippen LogP contribution in [0.2, 0.25) is 0 Å². The summed E-state index contributed by atoms with van der Waals surface area (Å²) < 4.78 is 0. The van der Waals surface area contributed by atoms with Crippen LogP contribution in [0.3, 0.4) is 0 Å². The van der Waals surface area contributed by atoms with Gasteiger partial charge in [0.15, 0.2) is 0 Å². The highest BCUT2D eigenvalue weighted by molar-refractivity contribution is 5.81. The number of aromatic nitrogens is 1. The van der Waals surface area contributed by atoms with Gasteiger partial charge in [-0.2, -0.15) is 0 Å². The quantitative estimate of drug-likeness (QED) is 0.829. The SMILES string of the molecule is CCCCN(CCO)Cc1cccc2cccnc12. The minimum atomic E-state index is 0.210. The predicted octanol–water partition coefficient (Wildman–Crippen LogP) is 2.83. The molecule has 19 heavy (non-hydrogen) atoms. The molecule has 2 rings (SSSR count). The van der Waals surface area contributed by atoms with Gasteiger partial charge in [-0.1, -0.05) is 37.6 Å². The van der Waals surface area contributed by atoms with Crippen LogP contribution in [0.15, 0.2) is 36.5 Å². The van der Waals surface area contributed by atoms with Crippen LogP contribution in [0, 0.1) is 0 Å². The van der Waals surface area contributed by atoms with Crippen LogP contribution in [0.1, 0.15) is 25.3 Å². The van der Waals surface area contributed by atoms with E-state index in [2.05, 4.69) is 41.1 Å². The number of hydrogen-bond donors (Lipinski definition) is 1. The molecule has 0 aliphatic heterocycles. The molecule has 0 aliphatic rings. The smallest absolute Gasteiger partial charge is 0.0746 e. The summed E-state index contributed by atoms with van der Waals surface area (Å²) >= 11 is 0. The molecule has 3 nitrogen and oxygen atoms in total. The summed E-state index contributed by atoms with van der Waals surface area (Å²) in [6.45, 7) is 5.01. The van der Waals surface area contributed by atoms with Gasteiger partial charge in [-0.3, -0.25) is 9.88 Å². The van der Waals surface area contributed by atoms with Crippen molar-refractivity contribution >= 4 is 10.9 Å². The Labute approximate surface area is 114 Å². The molecule has 0 saturated heterocycles. The maximum atomic E-state index is 9.17. The van der Waals surface area contributed by atoms with E-state index in [1.165, 1.54) is 17.4 Å². The second-order valence-electron chi connectivity index (χ2n) is 4.85. The van der Waals surface area contributed by atoms with Gasteiger partial charge in [0.25, 0.3) is 0 Å². The first kappa shape index (κ1) is 14.0. The zero-order chi connectivity index (χ0) is 13.5. The maximum absolute atomic E-state index is 9.17. The number of rotatable bonds is 7. The van der Waals surface area contributed by atoms with Crippen LogP contribution in [0.4, 0.5) is 0 Å². The van der Waals surface area contributed by atoms with E-state index in [1.54, 1.807) is 0 Å². The largest absolute Gasteiger partial charge is 0.395 e. The Hall–Kier alpha value is -1.45. The number of aliphatic hydroxyl groups excluding tert-OH is 1. The third-order valence-electron chi connectivity index (χ3n) is 3.35. The first-order valence-corrected chi connectivity index (χ1v) is 7.01. The number of pyridine rings is 1. The van der Waals surface area contributed by atoms with Gasteiger partial charge in [0.1, 0.15) is 0 Å². The minimum absolute atomic E-state index is 0.210. The van der Waals surface area contributed by atoms with Crippen LogP contribution in [0.25, 0.3) is 10.9 Å². The van der Waals surface area contributed by atoms with Crippen molar-refractivity contribution in [1.29, 1.82) is 0 Å². The van der Waals surface area contributed by atoms with E-state index in [1.807, 2.05) is 12.3 Å². The summed E-state index contributed by atoms with van der Waals surface area (Å²) in [6.07, 6.45) is 4.18. The zero-order valence-electron chi connectivity index (χ0n) is 11.5. The van der Waals surface area contributed by atoms with Crippen molar-refractivity contribution < 1.29 is 5.11 Å². The Balaban J connectivity index is 2.18. The van der Waals surface area contributed by atoms with E-state index >= 15 is 0 Å². The first-order chi connectivity index (χ1) is 9.35. The van der Waals surface area contributed by atoms with Crippen LogP contribution in [-0.2, 0) is 6.54 Å². The number of para-hydroxylation sites is 1. The molecule has 1 N–H and O–H groups in total. The molecular weight excluding hydrogens is 236 g/mol. The predicted molar refractivity (Wildman–Crippen MR) is 79.0 cm³/mol. The standard InChI is InChI=1S/C16H22N2O/c1-2-3-10-18(11-12-19)13-15-7-4-6-14-8-5-9-17-16(14)15/h4-9,19H,2-3,10-13H2,1H3. The van der Waals surface area contributed by atoms with Gasteiger partial charge < -0.3 is 5.11 Å². The molecule has 102 valence electrons. The number of unbranched alkanes of at least 4 members (excludes halogenated alkanes) is 1. The molecule has 0 saturated carbocycles. The summed E-state index contributed by atoms with van der Waals surface area (Å²) in [6, 6.07) is 10.4. The Morgan fingerprint density at radius 2 is 2.00 bits per heavy atom. The highest BCUT2D eigenvalue weighted by Gasteiger charge is 2.08. The van der Waals surface area contributed by atoms with Crippen molar-refractivity contribution in [3.05, 3.63) is 42.1 Å². The fraction of sp³-hybridized carbons (Fsp3) is 0.438. The molecule has 1 aromatic heterocycles. The zero-order valence-corrected chi connectivity index (χ0v) is 11.5. The molecule has 0 unspecified atom stereocenters. The molecular formula is C16H22N2O. The molecule has 0 fully saturated rings. The maximum Gasteiger partial charge on any atom is 0.0746 e. The van der Waals surface area contributed by atoms with Crippen molar-refractivity contribution in [2.45, 2.75) is 26.3 Å². The van der Waals surface area contributed by atoms with Crippen molar-refractivity contribution in [2.24, 2.45) is 0 Å². The highest BCUT2D eigenvalue weighted by Crippen LogP contribution is 2.17. The highest BCUT2D eigenvalue weighted by atomic mass is 16.3. The lowest BCUT2D eigenvalue weighted by atomic mass is 10.1. The third-order valence-corrected chi connectivity index (χ3v) is 3.35. The van der Waals surface area contributed by atoms with Crippen molar-refractivity contribution in [1.82, 2.24) is 9.88 Å². The molecule has 0 amide bonds. The summed E-state index contributed by atoms with van der Waals surface area (Å²) in [5, 5.41) is 10.4. The van der Waals surface area contributed by atoms with E-state index < -0.39 is 0 Å². The fourth-order valence-electron chi connectivity index (χ4n) is 2.33. The lowest BCUT2D eigenvalue weighted by Crippen LogP contribution is -2.27. The number of fused-ring (bicyclic) bond motifs is 1. The van der Waals surface area contributed by atoms with Crippen LogP contribution >= 0.6 is 0 Å². The van der Waals surface area contributed by atoms with E-state index in [0.29, 0.717) is 0 Å². The lowest BCUT2D eigenvalue weighted by Gasteiger charge is -2.21. The van der Waals surface area contributed by atoms with Gasteiger partial charge in [0.05, 0.1) is 12.1 Å². The summed E-state index contributed by atoms with van der Waals surface area (Å²) in [5.41, 5.74) is 2.31. The summed E-state index contributed by atoms with van der Waals surface area (Å²) in [4.78, 5) is 6.78. The Kier molecular flexibility index (Phi) is 5.31. The average Bonchev–Trinajstić information content (AvgIpc) is 2.45. The number of benzene rings is 1. The normalized spacial score (nSPS) is 11.3. The summed E-state index contributed by atoms with van der Waals surface area (Å²) in [7, 11) is 0. The van der Waals surface area contributed by atoms with Crippen LogP contribution in [-0.4, -0.2) is 34.7 Å². The van der Waals surface area contributed by atoms with Gasteiger partial charge in [-0.05, 0) is 24.6 Å².